The molecule has 6 nitrogen and oxygen atoms in total. The van der Waals surface area contributed by atoms with Gasteiger partial charge in [0.1, 0.15) is 6.61 Å². The minimum absolute atomic E-state index is 0.0438. The number of hydrogen-bond donors (Lipinski definition) is 1. The minimum atomic E-state index is -0.696. The molecule has 1 aliphatic rings. The monoisotopic (exact) mass is 412 g/mol. The molecule has 1 aliphatic heterocycles. The quantitative estimate of drug-likeness (QED) is 0.695. The number of benzene rings is 2. The van der Waals surface area contributed by atoms with Crippen LogP contribution < -0.4 is 10.1 Å². The van der Waals surface area contributed by atoms with E-state index in [9.17, 15) is 14.0 Å². The lowest BCUT2D eigenvalue weighted by Gasteiger charge is -2.36. The van der Waals surface area contributed by atoms with Crippen LogP contribution in [0.4, 0.5) is 9.18 Å². The molecule has 158 valence electrons. The fourth-order valence-corrected chi connectivity index (χ4v) is 3.45. The van der Waals surface area contributed by atoms with Gasteiger partial charge in [0.25, 0.3) is 0 Å². The van der Waals surface area contributed by atoms with E-state index in [1.54, 1.807) is 26.0 Å². The van der Waals surface area contributed by atoms with Crippen molar-refractivity contribution in [3.05, 3.63) is 76.7 Å². The second-order valence-corrected chi connectivity index (χ2v) is 6.84. The van der Waals surface area contributed by atoms with Crippen molar-refractivity contribution >= 4 is 12.0 Å². The molecule has 1 atom stereocenters. The Morgan fingerprint density at radius 1 is 1.17 bits per heavy atom. The van der Waals surface area contributed by atoms with E-state index in [-0.39, 0.29) is 30.6 Å². The van der Waals surface area contributed by atoms with Gasteiger partial charge in [0.15, 0.2) is 11.6 Å². The first-order valence-corrected chi connectivity index (χ1v) is 9.88. The third kappa shape index (κ3) is 4.45. The Balaban J connectivity index is 2.09. The minimum Gasteiger partial charge on any atom is -0.484 e. The predicted octanol–water partition coefficient (Wildman–Crippen LogP) is 4.12. The standard InChI is InChI=1S/C23H25FN2O4/c1-4-26-18(14-30-19-12-7-6-11-17(19)24)20(22(27)29-5-2)21(25-23(26)28)16-10-8-9-15(3)13-16/h6-13,21H,4-5,14H2,1-3H3,(H,25,28). The van der Waals surface area contributed by atoms with Crippen molar-refractivity contribution in [3.8, 4) is 5.75 Å². The van der Waals surface area contributed by atoms with Crippen molar-refractivity contribution in [1.29, 1.82) is 0 Å². The van der Waals surface area contributed by atoms with Crippen LogP contribution in [0.2, 0.25) is 0 Å². The second kappa shape index (κ2) is 9.43. The molecule has 0 fully saturated rings. The number of likely N-dealkylation sites (N-methyl/N-ethyl adjacent to an activating group) is 1. The fraction of sp³-hybridized carbons (Fsp3) is 0.304. The summed E-state index contributed by atoms with van der Waals surface area (Å²) in [6.45, 7) is 5.78. The van der Waals surface area contributed by atoms with Crippen molar-refractivity contribution in [2.24, 2.45) is 0 Å². The van der Waals surface area contributed by atoms with E-state index in [4.69, 9.17) is 9.47 Å². The molecule has 0 aliphatic carbocycles. The normalized spacial score (nSPS) is 16.3. The van der Waals surface area contributed by atoms with Crippen LogP contribution in [0, 0.1) is 12.7 Å². The Labute approximate surface area is 175 Å². The number of ether oxygens (including phenoxy) is 2. The summed E-state index contributed by atoms with van der Waals surface area (Å²) in [5.74, 6) is -1.02. The lowest BCUT2D eigenvalue weighted by atomic mass is 9.93. The Kier molecular flexibility index (Phi) is 6.72. The van der Waals surface area contributed by atoms with E-state index in [2.05, 4.69) is 5.32 Å². The molecule has 0 radical (unpaired) electrons. The zero-order chi connectivity index (χ0) is 21.7. The molecule has 0 saturated heterocycles. The van der Waals surface area contributed by atoms with Crippen LogP contribution in [0.25, 0.3) is 0 Å². The van der Waals surface area contributed by atoms with Gasteiger partial charge in [0.2, 0.25) is 0 Å². The van der Waals surface area contributed by atoms with E-state index in [1.165, 1.54) is 17.0 Å². The molecule has 1 unspecified atom stereocenters. The highest BCUT2D eigenvalue weighted by Crippen LogP contribution is 2.32. The Morgan fingerprint density at radius 3 is 2.60 bits per heavy atom. The molecule has 0 spiro atoms. The molecule has 2 amide bonds. The summed E-state index contributed by atoms with van der Waals surface area (Å²) in [7, 11) is 0. The van der Waals surface area contributed by atoms with Gasteiger partial charge in [-0.15, -0.1) is 0 Å². The number of para-hydroxylation sites is 1. The highest BCUT2D eigenvalue weighted by Gasteiger charge is 2.38. The van der Waals surface area contributed by atoms with Gasteiger partial charge < -0.3 is 14.8 Å². The SMILES string of the molecule is CCOC(=O)C1=C(COc2ccccc2F)N(CC)C(=O)NC1c1cccc(C)c1. The molecule has 1 heterocycles. The summed E-state index contributed by atoms with van der Waals surface area (Å²) < 4.78 is 25.0. The van der Waals surface area contributed by atoms with E-state index in [0.29, 0.717) is 12.2 Å². The molecule has 0 bridgehead atoms. The first kappa shape index (κ1) is 21.4. The van der Waals surface area contributed by atoms with Gasteiger partial charge in [-0.25, -0.2) is 14.0 Å². The maximum atomic E-state index is 14.0. The largest absolute Gasteiger partial charge is 0.484 e. The van der Waals surface area contributed by atoms with E-state index >= 15 is 0 Å². The smallest absolute Gasteiger partial charge is 0.338 e. The van der Waals surface area contributed by atoms with Crippen LogP contribution in [-0.4, -0.2) is 36.7 Å². The van der Waals surface area contributed by atoms with Gasteiger partial charge in [0.05, 0.1) is 23.9 Å². The number of nitrogens with one attached hydrogen (secondary N) is 1. The van der Waals surface area contributed by atoms with E-state index in [1.807, 2.05) is 31.2 Å². The zero-order valence-corrected chi connectivity index (χ0v) is 17.3. The first-order chi connectivity index (χ1) is 14.5. The van der Waals surface area contributed by atoms with Crippen molar-refractivity contribution in [1.82, 2.24) is 10.2 Å². The number of esters is 1. The number of carbonyl (C=O) groups excluding carboxylic acids is 2. The number of aryl methyl sites for hydroxylation is 1. The second-order valence-electron chi connectivity index (χ2n) is 6.84. The highest BCUT2D eigenvalue weighted by molar-refractivity contribution is 5.95. The van der Waals surface area contributed by atoms with Gasteiger partial charge in [-0.05, 0) is 38.5 Å². The molecular formula is C23H25FN2O4. The molecule has 30 heavy (non-hydrogen) atoms. The molecule has 0 saturated carbocycles. The summed E-state index contributed by atoms with van der Waals surface area (Å²) in [5, 5.41) is 2.89. The van der Waals surface area contributed by atoms with Gasteiger partial charge >= 0.3 is 12.0 Å². The molecule has 1 N–H and O–H groups in total. The van der Waals surface area contributed by atoms with Crippen LogP contribution in [0.3, 0.4) is 0 Å². The maximum absolute atomic E-state index is 14.0. The van der Waals surface area contributed by atoms with Crippen LogP contribution in [0.15, 0.2) is 59.8 Å². The average Bonchev–Trinajstić information content (AvgIpc) is 2.72. The topological polar surface area (TPSA) is 67.9 Å². The van der Waals surface area contributed by atoms with Crippen LogP contribution in [-0.2, 0) is 9.53 Å². The number of carbonyl (C=O) groups is 2. The van der Waals surface area contributed by atoms with Gasteiger partial charge in [-0.3, -0.25) is 4.90 Å². The fourth-order valence-electron chi connectivity index (χ4n) is 3.45. The van der Waals surface area contributed by atoms with Crippen molar-refractivity contribution in [3.63, 3.8) is 0 Å². The van der Waals surface area contributed by atoms with E-state index < -0.39 is 17.8 Å². The predicted molar refractivity (Wildman–Crippen MR) is 110 cm³/mol. The van der Waals surface area contributed by atoms with E-state index in [0.717, 1.165) is 11.1 Å². The summed E-state index contributed by atoms with van der Waals surface area (Å²) in [6.07, 6.45) is 0. The van der Waals surface area contributed by atoms with Crippen LogP contribution in [0.1, 0.15) is 31.0 Å². The summed E-state index contributed by atoms with van der Waals surface area (Å²) in [6, 6.07) is 12.5. The first-order valence-electron chi connectivity index (χ1n) is 9.88. The Hall–Kier alpha value is -3.35. The van der Waals surface area contributed by atoms with Crippen molar-refractivity contribution in [2.45, 2.75) is 26.8 Å². The number of urea groups is 1. The third-order valence-corrected chi connectivity index (χ3v) is 4.83. The van der Waals surface area contributed by atoms with Crippen LogP contribution >= 0.6 is 0 Å². The Morgan fingerprint density at radius 2 is 1.93 bits per heavy atom. The number of hydrogen-bond acceptors (Lipinski definition) is 4. The number of rotatable bonds is 7. The lowest BCUT2D eigenvalue weighted by molar-refractivity contribution is -0.139. The van der Waals surface area contributed by atoms with Gasteiger partial charge in [-0.2, -0.15) is 0 Å². The average molecular weight is 412 g/mol. The van der Waals surface area contributed by atoms with Crippen LogP contribution in [0.5, 0.6) is 5.75 Å². The lowest BCUT2D eigenvalue weighted by Crippen LogP contribution is -2.49. The molecular weight excluding hydrogens is 387 g/mol. The number of nitrogens with zero attached hydrogens (tertiary/aromatic N) is 1. The summed E-state index contributed by atoms with van der Waals surface area (Å²) in [4.78, 5) is 27.2. The maximum Gasteiger partial charge on any atom is 0.338 e. The van der Waals surface area contributed by atoms with Gasteiger partial charge in [0, 0.05) is 6.54 Å². The van der Waals surface area contributed by atoms with Gasteiger partial charge in [-0.1, -0.05) is 42.0 Å². The zero-order valence-electron chi connectivity index (χ0n) is 17.3. The summed E-state index contributed by atoms with van der Waals surface area (Å²) in [5.41, 5.74) is 2.38. The molecule has 2 aromatic carbocycles. The third-order valence-electron chi connectivity index (χ3n) is 4.83. The molecule has 2 aromatic rings. The summed E-state index contributed by atoms with van der Waals surface area (Å²) >= 11 is 0. The molecule has 0 aromatic heterocycles. The number of halogens is 1. The van der Waals surface area contributed by atoms with Crippen molar-refractivity contribution < 1.29 is 23.5 Å². The number of amides is 2. The Bertz CT molecular complexity index is 973. The molecule has 7 heteroatoms. The van der Waals surface area contributed by atoms with Crippen molar-refractivity contribution in [2.75, 3.05) is 19.8 Å². The molecule has 3 rings (SSSR count). The highest BCUT2D eigenvalue weighted by atomic mass is 19.1.